The van der Waals surface area contributed by atoms with Crippen LogP contribution in [0, 0.1) is 0 Å². The summed E-state index contributed by atoms with van der Waals surface area (Å²) in [5.41, 5.74) is 23.7. The number of rotatable bonds is 5. The van der Waals surface area contributed by atoms with Crippen molar-refractivity contribution in [1.82, 2.24) is 0 Å². The van der Waals surface area contributed by atoms with Crippen molar-refractivity contribution >= 4 is 0 Å². The van der Waals surface area contributed by atoms with Gasteiger partial charge in [-0.25, -0.2) is 0 Å². The number of nitrogens with two attached hydrogens (primary N) is 4. The van der Waals surface area contributed by atoms with Gasteiger partial charge in [-0.05, 0) is 13.3 Å². The summed E-state index contributed by atoms with van der Waals surface area (Å²) >= 11 is 0. The number of ether oxygens (including phenoxy) is 4. The Hall–Kier alpha value is -0.560. The molecule has 0 radical (unpaired) electrons. The fraction of sp³-hybridized carbons (Fsp3) is 1.00. The van der Waals surface area contributed by atoms with Crippen molar-refractivity contribution < 1.29 is 49.6 Å². The second-order valence-corrected chi connectivity index (χ2v) is 8.77. The third-order valence-electron chi connectivity index (χ3n) is 6.43. The van der Waals surface area contributed by atoms with Gasteiger partial charge in [0.1, 0.15) is 54.9 Å². The van der Waals surface area contributed by atoms with Crippen LogP contribution in [0.2, 0.25) is 0 Å². The Kier molecular flexibility index (Phi) is 8.44. The van der Waals surface area contributed by atoms with Gasteiger partial charge in [-0.15, -0.1) is 0 Å². The number of aliphatic hydroxyl groups excluding tert-OH is 6. The zero-order valence-electron chi connectivity index (χ0n) is 17.7. The molecule has 0 amide bonds. The highest BCUT2D eigenvalue weighted by Gasteiger charge is 2.51. The summed E-state index contributed by atoms with van der Waals surface area (Å²) < 4.78 is 22.5. The maximum absolute atomic E-state index is 10.9. The first-order valence-corrected chi connectivity index (χ1v) is 10.6. The molecule has 2 saturated heterocycles. The highest BCUT2D eigenvalue weighted by molar-refractivity contribution is 5.01. The molecule has 0 aromatic rings. The third kappa shape index (κ3) is 4.94. The lowest BCUT2D eigenvalue weighted by atomic mass is 9.84. The van der Waals surface area contributed by atoms with E-state index in [1.165, 1.54) is 6.92 Å². The molecule has 32 heavy (non-hydrogen) atoms. The first kappa shape index (κ1) is 26.1. The van der Waals surface area contributed by atoms with E-state index in [4.69, 9.17) is 41.9 Å². The van der Waals surface area contributed by atoms with E-state index in [-0.39, 0.29) is 13.0 Å². The van der Waals surface area contributed by atoms with Gasteiger partial charge in [-0.2, -0.15) is 0 Å². The van der Waals surface area contributed by atoms with Crippen molar-refractivity contribution in [1.29, 1.82) is 0 Å². The fourth-order valence-corrected chi connectivity index (χ4v) is 4.34. The van der Waals surface area contributed by atoms with Gasteiger partial charge in [0.2, 0.25) is 0 Å². The largest absolute Gasteiger partial charge is 0.388 e. The maximum atomic E-state index is 10.9. The van der Waals surface area contributed by atoms with E-state index in [9.17, 15) is 30.6 Å². The zero-order chi connectivity index (χ0) is 23.9. The van der Waals surface area contributed by atoms with Crippen molar-refractivity contribution in [2.24, 2.45) is 22.9 Å². The Morgan fingerprint density at radius 1 is 0.719 bits per heavy atom. The quantitative estimate of drug-likeness (QED) is 0.180. The molecular formula is C18H36N4O10. The molecule has 14 N–H and O–H groups in total. The average Bonchev–Trinajstić information content (AvgIpc) is 2.75. The van der Waals surface area contributed by atoms with Crippen molar-refractivity contribution in [3.63, 3.8) is 0 Å². The van der Waals surface area contributed by atoms with Crippen LogP contribution >= 0.6 is 0 Å². The molecule has 3 aliphatic rings. The van der Waals surface area contributed by atoms with Gasteiger partial charge < -0.3 is 72.5 Å². The maximum Gasteiger partial charge on any atom is 0.187 e. The van der Waals surface area contributed by atoms with Crippen LogP contribution in [0.1, 0.15) is 13.3 Å². The molecule has 3 fully saturated rings. The average molecular weight is 469 g/mol. The molecule has 188 valence electrons. The minimum Gasteiger partial charge on any atom is -0.388 e. The van der Waals surface area contributed by atoms with Gasteiger partial charge in [-0.3, -0.25) is 0 Å². The molecule has 2 aliphatic heterocycles. The molecule has 0 aromatic heterocycles. The Bertz CT molecular complexity index is 620. The van der Waals surface area contributed by atoms with Crippen LogP contribution in [0.3, 0.4) is 0 Å². The molecule has 0 spiro atoms. The van der Waals surface area contributed by atoms with E-state index >= 15 is 0 Å². The van der Waals surface area contributed by atoms with Crippen LogP contribution in [0.5, 0.6) is 0 Å². The fourth-order valence-electron chi connectivity index (χ4n) is 4.34. The van der Waals surface area contributed by atoms with Crippen LogP contribution in [0.15, 0.2) is 0 Å². The summed E-state index contributed by atoms with van der Waals surface area (Å²) in [6, 6.07) is -2.69. The van der Waals surface area contributed by atoms with E-state index in [0.717, 1.165) is 0 Å². The Balaban J connectivity index is 1.71. The first-order chi connectivity index (χ1) is 15.0. The predicted octanol–water partition coefficient (Wildman–Crippen LogP) is -6.26. The summed E-state index contributed by atoms with van der Waals surface area (Å²) in [5, 5.41) is 61.2. The van der Waals surface area contributed by atoms with Crippen LogP contribution in [-0.4, -0.2) is 129 Å². The second-order valence-electron chi connectivity index (χ2n) is 8.77. The third-order valence-corrected chi connectivity index (χ3v) is 6.43. The number of hydrogen-bond acceptors (Lipinski definition) is 14. The molecule has 14 nitrogen and oxygen atoms in total. The van der Waals surface area contributed by atoms with E-state index < -0.39 is 91.7 Å². The molecule has 0 unspecified atom stereocenters. The molecule has 2 heterocycles. The summed E-state index contributed by atoms with van der Waals surface area (Å²) in [5.74, 6) is 0. The van der Waals surface area contributed by atoms with Gasteiger partial charge in [0, 0.05) is 18.6 Å². The van der Waals surface area contributed by atoms with Gasteiger partial charge in [0.05, 0.1) is 12.1 Å². The first-order valence-electron chi connectivity index (χ1n) is 10.6. The van der Waals surface area contributed by atoms with E-state index in [1.807, 2.05) is 0 Å². The summed E-state index contributed by atoms with van der Waals surface area (Å²) in [7, 11) is 0. The Labute approximate surface area is 185 Å². The van der Waals surface area contributed by atoms with Crippen LogP contribution in [0.25, 0.3) is 0 Å². The van der Waals surface area contributed by atoms with Gasteiger partial charge in [-0.1, -0.05) is 0 Å². The van der Waals surface area contributed by atoms with Gasteiger partial charge >= 0.3 is 0 Å². The normalized spacial score (nSPS) is 55.0. The molecular weight excluding hydrogens is 432 g/mol. The van der Waals surface area contributed by atoms with Crippen molar-refractivity contribution in [2.45, 2.75) is 105 Å². The second kappa shape index (κ2) is 10.4. The molecule has 3 rings (SSSR count). The minimum absolute atomic E-state index is 0.107. The van der Waals surface area contributed by atoms with E-state index in [2.05, 4.69) is 0 Å². The zero-order valence-corrected chi connectivity index (χ0v) is 17.7. The monoisotopic (exact) mass is 468 g/mol. The van der Waals surface area contributed by atoms with Crippen molar-refractivity contribution in [2.75, 3.05) is 6.54 Å². The van der Waals surface area contributed by atoms with E-state index in [1.54, 1.807) is 0 Å². The molecule has 15 atom stereocenters. The summed E-state index contributed by atoms with van der Waals surface area (Å²) in [6.07, 6.45) is -15.1. The van der Waals surface area contributed by atoms with E-state index in [0.29, 0.717) is 0 Å². The summed E-state index contributed by atoms with van der Waals surface area (Å²) in [4.78, 5) is 0. The lowest BCUT2D eigenvalue weighted by Crippen LogP contribution is -2.68. The molecule has 0 bridgehead atoms. The van der Waals surface area contributed by atoms with Crippen molar-refractivity contribution in [3.8, 4) is 0 Å². The standard InChI is InChI=1S/C18H36N4O10/c1-4-9(23)12(26)13(27)18(29-4)32-16-6(21)2-5(20)15(14(16)28)31-17-8(22)11(25)10(24)7(3-19)30-17/h4-18,23-28H,2-3,19-22H2,1H3/t4-,5+,6-,7-,8-,9+,10-,11-,12+,13-,14+,15-,16+,17-,18-/m1/s1. The predicted molar refractivity (Wildman–Crippen MR) is 106 cm³/mol. The van der Waals surface area contributed by atoms with Crippen LogP contribution in [-0.2, 0) is 18.9 Å². The molecule has 1 aliphatic carbocycles. The smallest absolute Gasteiger partial charge is 0.187 e. The Morgan fingerprint density at radius 3 is 1.84 bits per heavy atom. The topological polar surface area (TPSA) is 262 Å². The lowest BCUT2D eigenvalue weighted by molar-refractivity contribution is -0.327. The van der Waals surface area contributed by atoms with Crippen LogP contribution in [0.4, 0.5) is 0 Å². The Morgan fingerprint density at radius 2 is 1.28 bits per heavy atom. The van der Waals surface area contributed by atoms with Crippen LogP contribution < -0.4 is 22.9 Å². The molecule has 1 saturated carbocycles. The highest BCUT2D eigenvalue weighted by Crippen LogP contribution is 2.31. The SMILES string of the molecule is C[C@H]1O[C@H](O[C@@H]2[C@@H](O)[C@H](O[C@H]3O[C@H](CN)[C@@H](O)[C@H](O)[C@H]3N)[C@@H](N)C[C@H]2N)[C@H](O)[C@@H](O)[C@H]1O. The van der Waals surface area contributed by atoms with Gasteiger partial charge in [0.25, 0.3) is 0 Å². The lowest BCUT2D eigenvalue weighted by Gasteiger charge is -2.48. The van der Waals surface area contributed by atoms with Crippen molar-refractivity contribution in [3.05, 3.63) is 0 Å². The summed E-state index contributed by atoms with van der Waals surface area (Å²) in [6.45, 7) is 1.38. The highest BCUT2D eigenvalue weighted by atomic mass is 16.7. The molecule has 0 aromatic carbocycles. The number of aliphatic hydroxyl groups is 6. The van der Waals surface area contributed by atoms with Gasteiger partial charge in [0.15, 0.2) is 12.6 Å². The minimum atomic E-state index is -1.59. The molecule has 14 heteroatoms. The number of hydrogen-bond donors (Lipinski definition) is 10.